The Hall–Kier alpha value is -1.71. The molecule has 0 amide bonds. The summed E-state index contributed by atoms with van der Waals surface area (Å²) in [4.78, 5) is 4.65. The van der Waals surface area contributed by atoms with Crippen molar-refractivity contribution in [2.24, 2.45) is 22.6 Å². The third-order valence-electron chi connectivity index (χ3n) is 4.23. The van der Waals surface area contributed by atoms with Crippen LogP contribution in [0, 0.1) is 11.8 Å². The standard InChI is InChI=1S/C16H19BN2O/c1-11-4-2-5-12(8-11)16(10-20-15(18)19-16)13-6-3-7-14(17)9-13/h2-3,5,7-9,11,13H,4,6,10H2,1H3,(H2,18,19). The van der Waals surface area contributed by atoms with E-state index in [-0.39, 0.29) is 11.9 Å². The summed E-state index contributed by atoms with van der Waals surface area (Å²) in [7, 11) is 5.96. The lowest BCUT2D eigenvalue weighted by Crippen LogP contribution is -2.39. The number of amidine groups is 1. The summed E-state index contributed by atoms with van der Waals surface area (Å²) in [5.74, 6) is 0.708. The molecule has 2 N–H and O–H groups in total. The van der Waals surface area contributed by atoms with Crippen molar-refractivity contribution in [3.8, 4) is 0 Å². The Morgan fingerprint density at radius 3 is 2.75 bits per heavy atom. The van der Waals surface area contributed by atoms with Crippen LogP contribution in [0.15, 0.2) is 52.5 Å². The Kier molecular flexibility index (Phi) is 3.32. The van der Waals surface area contributed by atoms with Crippen LogP contribution in [0.5, 0.6) is 0 Å². The zero-order chi connectivity index (χ0) is 14.2. The third kappa shape index (κ3) is 2.24. The fourth-order valence-electron chi connectivity index (χ4n) is 3.16. The van der Waals surface area contributed by atoms with Crippen molar-refractivity contribution < 1.29 is 4.74 Å². The molecule has 0 saturated carbocycles. The van der Waals surface area contributed by atoms with Gasteiger partial charge in [-0.25, -0.2) is 4.99 Å². The highest BCUT2D eigenvalue weighted by molar-refractivity contribution is 6.23. The molecule has 3 rings (SSSR count). The van der Waals surface area contributed by atoms with Crippen molar-refractivity contribution >= 4 is 13.9 Å². The smallest absolute Gasteiger partial charge is 0.283 e. The van der Waals surface area contributed by atoms with Gasteiger partial charge < -0.3 is 10.5 Å². The average molecular weight is 266 g/mol. The molecule has 0 fully saturated rings. The van der Waals surface area contributed by atoms with E-state index < -0.39 is 5.54 Å². The number of ether oxygens (including phenoxy) is 1. The summed E-state index contributed by atoms with van der Waals surface area (Å²) in [5.41, 5.74) is 7.36. The molecule has 0 spiro atoms. The normalized spacial score (nSPS) is 36.1. The summed E-state index contributed by atoms with van der Waals surface area (Å²) >= 11 is 0. The van der Waals surface area contributed by atoms with Gasteiger partial charge in [-0.3, -0.25) is 0 Å². The lowest BCUT2D eigenvalue weighted by atomic mass is 9.71. The number of hydrogen-bond acceptors (Lipinski definition) is 3. The first kappa shape index (κ1) is 13.3. The monoisotopic (exact) mass is 266 g/mol. The maximum absolute atomic E-state index is 5.96. The highest BCUT2D eigenvalue weighted by Crippen LogP contribution is 2.41. The Bertz CT molecular complexity index is 559. The van der Waals surface area contributed by atoms with Gasteiger partial charge in [0.25, 0.3) is 6.02 Å². The van der Waals surface area contributed by atoms with Gasteiger partial charge >= 0.3 is 0 Å². The number of rotatable bonds is 2. The van der Waals surface area contributed by atoms with Crippen LogP contribution >= 0.6 is 0 Å². The molecule has 2 aliphatic carbocycles. The molecule has 3 atom stereocenters. The van der Waals surface area contributed by atoms with Crippen LogP contribution < -0.4 is 5.73 Å². The number of allylic oxidation sites excluding steroid dienone is 5. The predicted molar refractivity (Wildman–Crippen MR) is 82.4 cm³/mol. The third-order valence-corrected chi connectivity index (χ3v) is 4.23. The van der Waals surface area contributed by atoms with Gasteiger partial charge in [-0.1, -0.05) is 43.4 Å². The van der Waals surface area contributed by atoms with Crippen LogP contribution in [0.3, 0.4) is 0 Å². The van der Waals surface area contributed by atoms with Crippen LogP contribution in [0.1, 0.15) is 19.8 Å². The highest BCUT2D eigenvalue weighted by atomic mass is 16.5. The minimum atomic E-state index is -0.426. The highest BCUT2D eigenvalue weighted by Gasteiger charge is 2.45. The number of nitrogens with two attached hydrogens (primary N) is 1. The van der Waals surface area contributed by atoms with Crippen molar-refractivity contribution in [3.63, 3.8) is 0 Å². The second-order valence-electron chi connectivity index (χ2n) is 5.81. The Labute approximate surface area is 121 Å². The lowest BCUT2D eigenvalue weighted by Gasteiger charge is -2.35. The second-order valence-corrected chi connectivity index (χ2v) is 5.81. The largest absolute Gasteiger partial charge is 0.462 e. The second kappa shape index (κ2) is 5.00. The fourth-order valence-corrected chi connectivity index (χ4v) is 3.16. The zero-order valence-electron chi connectivity index (χ0n) is 11.8. The molecule has 2 radical (unpaired) electrons. The lowest BCUT2D eigenvalue weighted by molar-refractivity contribution is 0.240. The molecular weight excluding hydrogens is 247 g/mol. The van der Waals surface area contributed by atoms with Crippen molar-refractivity contribution in [2.45, 2.75) is 25.3 Å². The molecule has 0 aromatic heterocycles. The van der Waals surface area contributed by atoms with E-state index in [0.717, 1.165) is 18.3 Å². The summed E-state index contributed by atoms with van der Waals surface area (Å²) in [6.07, 6.45) is 14.8. The van der Waals surface area contributed by atoms with Crippen LogP contribution in [-0.4, -0.2) is 26.0 Å². The summed E-state index contributed by atoms with van der Waals surface area (Å²) < 4.78 is 5.50. The minimum Gasteiger partial charge on any atom is -0.462 e. The minimum absolute atomic E-state index is 0.190. The molecule has 4 heteroatoms. The first-order chi connectivity index (χ1) is 9.60. The van der Waals surface area contributed by atoms with Gasteiger partial charge in [0.05, 0.1) is 0 Å². The molecule has 1 aliphatic heterocycles. The molecule has 3 unspecified atom stereocenters. The maximum atomic E-state index is 5.96. The molecule has 1 heterocycles. The molecule has 3 aliphatic rings. The topological polar surface area (TPSA) is 47.6 Å². The van der Waals surface area contributed by atoms with Gasteiger partial charge in [0, 0.05) is 5.92 Å². The van der Waals surface area contributed by atoms with Crippen molar-refractivity contribution in [2.75, 3.05) is 6.61 Å². The molecular formula is C16H19BN2O. The van der Waals surface area contributed by atoms with E-state index in [2.05, 4.69) is 42.3 Å². The molecule has 0 saturated heterocycles. The fraction of sp³-hybridized carbons (Fsp3) is 0.438. The van der Waals surface area contributed by atoms with E-state index in [0.29, 0.717) is 12.5 Å². The molecule has 102 valence electrons. The van der Waals surface area contributed by atoms with Crippen LogP contribution in [0.2, 0.25) is 0 Å². The molecule has 0 aromatic rings. The van der Waals surface area contributed by atoms with Crippen molar-refractivity contribution in [1.29, 1.82) is 0 Å². The van der Waals surface area contributed by atoms with Crippen LogP contribution in [0.4, 0.5) is 0 Å². The van der Waals surface area contributed by atoms with E-state index in [1.807, 2.05) is 6.08 Å². The summed E-state index contributed by atoms with van der Waals surface area (Å²) in [5, 5.41) is 0. The van der Waals surface area contributed by atoms with Gasteiger partial charge in [-0.15, -0.1) is 5.47 Å². The van der Waals surface area contributed by atoms with Crippen molar-refractivity contribution in [3.05, 3.63) is 47.5 Å². The maximum Gasteiger partial charge on any atom is 0.283 e. The first-order valence-corrected chi connectivity index (χ1v) is 7.11. The van der Waals surface area contributed by atoms with E-state index in [4.69, 9.17) is 18.3 Å². The van der Waals surface area contributed by atoms with Gasteiger partial charge in [0.1, 0.15) is 20.0 Å². The molecule has 3 nitrogen and oxygen atoms in total. The Morgan fingerprint density at radius 2 is 2.10 bits per heavy atom. The average Bonchev–Trinajstić information content (AvgIpc) is 2.82. The molecule has 20 heavy (non-hydrogen) atoms. The van der Waals surface area contributed by atoms with Crippen LogP contribution in [-0.2, 0) is 4.74 Å². The van der Waals surface area contributed by atoms with Crippen LogP contribution in [0.25, 0.3) is 0 Å². The van der Waals surface area contributed by atoms with E-state index in [9.17, 15) is 0 Å². The number of aliphatic imine (C=N–C) groups is 1. The Balaban J connectivity index is 2.02. The van der Waals surface area contributed by atoms with Crippen molar-refractivity contribution in [1.82, 2.24) is 0 Å². The molecule has 0 bridgehead atoms. The first-order valence-electron chi connectivity index (χ1n) is 7.11. The van der Waals surface area contributed by atoms with E-state index in [1.165, 1.54) is 5.57 Å². The number of nitrogens with zero attached hydrogens (tertiary/aromatic N) is 1. The number of hydrogen-bond donors (Lipinski definition) is 1. The summed E-state index contributed by atoms with van der Waals surface area (Å²) in [6.45, 7) is 2.70. The summed E-state index contributed by atoms with van der Waals surface area (Å²) in [6, 6.07) is 0.277. The SMILES string of the molecule is [B]C1=CC(C2(C3=CC(C)CC=C3)COC(N)=N2)CC=C1. The van der Waals surface area contributed by atoms with Gasteiger partial charge in [0.15, 0.2) is 0 Å². The zero-order valence-corrected chi connectivity index (χ0v) is 11.8. The van der Waals surface area contributed by atoms with Gasteiger partial charge in [0.2, 0.25) is 0 Å². The Morgan fingerprint density at radius 1 is 1.30 bits per heavy atom. The quantitative estimate of drug-likeness (QED) is 0.779. The van der Waals surface area contributed by atoms with Gasteiger partial charge in [-0.05, 0) is 24.3 Å². The van der Waals surface area contributed by atoms with E-state index in [1.54, 1.807) is 0 Å². The molecule has 0 aromatic carbocycles. The van der Waals surface area contributed by atoms with Gasteiger partial charge in [-0.2, -0.15) is 0 Å². The van der Waals surface area contributed by atoms with E-state index >= 15 is 0 Å². The predicted octanol–water partition coefficient (Wildman–Crippen LogP) is 2.22.